The molecule has 0 fully saturated rings. The Hall–Kier alpha value is -2.99. The van der Waals surface area contributed by atoms with Gasteiger partial charge in [-0.3, -0.25) is 14.3 Å². The van der Waals surface area contributed by atoms with E-state index in [0.717, 1.165) is 24.1 Å². The van der Waals surface area contributed by atoms with Gasteiger partial charge in [0.1, 0.15) is 0 Å². The van der Waals surface area contributed by atoms with Crippen LogP contribution in [0.3, 0.4) is 0 Å². The minimum absolute atomic E-state index is 0.0688. The summed E-state index contributed by atoms with van der Waals surface area (Å²) in [6.45, 7) is 1.81. The van der Waals surface area contributed by atoms with Crippen LogP contribution in [0.5, 0.6) is 0 Å². The third-order valence-electron chi connectivity index (χ3n) is 4.63. The van der Waals surface area contributed by atoms with E-state index >= 15 is 0 Å². The maximum absolute atomic E-state index is 12.6. The van der Waals surface area contributed by atoms with Gasteiger partial charge in [0.15, 0.2) is 0 Å². The van der Waals surface area contributed by atoms with Crippen LogP contribution in [-0.2, 0) is 6.54 Å². The molecule has 4 rings (SSSR count). The number of aromatic nitrogens is 3. The number of rotatable bonds is 4. The molecule has 0 saturated heterocycles. The second-order valence-corrected chi connectivity index (χ2v) is 6.39. The second kappa shape index (κ2) is 7.09. The van der Waals surface area contributed by atoms with Gasteiger partial charge in [-0.05, 0) is 24.1 Å². The number of hydrogen-bond acceptors (Lipinski definition) is 5. The highest BCUT2D eigenvalue weighted by atomic mass is 16.3. The van der Waals surface area contributed by atoms with Crippen LogP contribution < -0.4 is 10.5 Å². The van der Waals surface area contributed by atoms with Crippen LogP contribution in [-0.4, -0.2) is 32.7 Å². The number of pyridine rings is 1. The summed E-state index contributed by atoms with van der Waals surface area (Å²) < 4.78 is 1.69. The number of aliphatic hydroxyl groups excluding tert-OH is 1. The Labute approximate surface area is 151 Å². The lowest BCUT2D eigenvalue weighted by Crippen LogP contribution is -2.40. The van der Waals surface area contributed by atoms with Crippen LogP contribution in [0.15, 0.2) is 65.7 Å². The molecule has 26 heavy (non-hydrogen) atoms. The fourth-order valence-electron chi connectivity index (χ4n) is 3.30. The molecule has 1 aromatic carbocycles. The predicted octanol–water partition coefficient (Wildman–Crippen LogP) is 2.25. The smallest absolute Gasteiger partial charge is 0.255 e. The van der Waals surface area contributed by atoms with Crippen LogP contribution in [0.2, 0.25) is 0 Å². The number of nitrogens with zero attached hydrogens (tertiary/aromatic N) is 4. The van der Waals surface area contributed by atoms with Crippen molar-refractivity contribution in [3.63, 3.8) is 0 Å². The standard InChI is InChI=1S/C20H20N4O2/c25-18(16-5-2-1-3-6-16)14-23-11-4-12-24-19(26)13-17(22-20(23)24)15-7-9-21-10-8-15/h1-3,5-10,13,18,25H,4,11-12,14H2. The van der Waals surface area contributed by atoms with Gasteiger partial charge in [0.2, 0.25) is 5.95 Å². The van der Waals surface area contributed by atoms with Crippen molar-refractivity contribution in [2.24, 2.45) is 0 Å². The topological polar surface area (TPSA) is 71.2 Å². The zero-order chi connectivity index (χ0) is 17.9. The lowest BCUT2D eigenvalue weighted by atomic mass is 10.1. The molecule has 1 aliphatic heterocycles. The number of hydrogen-bond donors (Lipinski definition) is 1. The maximum Gasteiger partial charge on any atom is 0.255 e. The molecule has 6 heteroatoms. The first-order valence-electron chi connectivity index (χ1n) is 8.72. The summed E-state index contributed by atoms with van der Waals surface area (Å²) >= 11 is 0. The Bertz CT molecular complexity index is 941. The summed E-state index contributed by atoms with van der Waals surface area (Å²) in [7, 11) is 0. The van der Waals surface area contributed by atoms with Crippen molar-refractivity contribution in [3.05, 3.63) is 76.8 Å². The molecule has 2 aromatic heterocycles. The Morgan fingerprint density at radius 3 is 2.62 bits per heavy atom. The van der Waals surface area contributed by atoms with E-state index in [-0.39, 0.29) is 5.56 Å². The first-order chi connectivity index (χ1) is 12.7. The molecule has 0 radical (unpaired) electrons. The zero-order valence-corrected chi connectivity index (χ0v) is 14.3. The van der Waals surface area contributed by atoms with Crippen LogP contribution in [0, 0.1) is 0 Å². The number of benzene rings is 1. The van der Waals surface area contributed by atoms with Crippen molar-refractivity contribution in [1.29, 1.82) is 0 Å². The largest absolute Gasteiger partial charge is 0.387 e. The van der Waals surface area contributed by atoms with Crippen molar-refractivity contribution in [2.75, 3.05) is 18.0 Å². The molecule has 1 N–H and O–H groups in total. The zero-order valence-electron chi connectivity index (χ0n) is 14.3. The Morgan fingerprint density at radius 1 is 1.08 bits per heavy atom. The van der Waals surface area contributed by atoms with Gasteiger partial charge in [-0.2, -0.15) is 0 Å². The van der Waals surface area contributed by atoms with E-state index in [4.69, 9.17) is 4.98 Å². The summed E-state index contributed by atoms with van der Waals surface area (Å²) in [5.74, 6) is 0.616. The monoisotopic (exact) mass is 348 g/mol. The summed E-state index contributed by atoms with van der Waals surface area (Å²) in [5, 5.41) is 10.6. The number of fused-ring (bicyclic) bond motifs is 1. The normalized spacial score (nSPS) is 14.7. The number of aliphatic hydroxyl groups is 1. The highest BCUT2D eigenvalue weighted by molar-refractivity contribution is 5.59. The highest BCUT2D eigenvalue weighted by Crippen LogP contribution is 2.24. The van der Waals surface area contributed by atoms with E-state index in [9.17, 15) is 9.90 Å². The molecule has 0 amide bonds. The predicted molar refractivity (Wildman–Crippen MR) is 100.0 cm³/mol. The van der Waals surface area contributed by atoms with E-state index in [1.54, 1.807) is 23.0 Å². The molecule has 0 saturated carbocycles. The van der Waals surface area contributed by atoms with Gasteiger partial charge in [0.25, 0.3) is 5.56 Å². The minimum atomic E-state index is -0.635. The van der Waals surface area contributed by atoms with Crippen LogP contribution in [0.4, 0.5) is 5.95 Å². The quantitative estimate of drug-likeness (QED) is 0.783. The molecule has 3 aromatic rings. The van der Waals surface area contributed by atoms with Gasteiger partial charge in [0, 0.05) is 37.1 Å². The van der Waals surface area contributed by atoms with E-state index in [0.29, 0.717) is 24.7 Å². The molecule has 0 bridgehead atoms. The van der Waals surface area contributed by atoms with E-state index < -0.39 is 6.10 Å². The molecule has 1 unspecified atom stereocenters. The van der Waals surface area contributed by atoms with Crippen LogP contribution in [0.25, 0.3) is 11.3 Å². The lowest BCUT2D eigenvalue weighted by Gasteiger charge is -2.32. The second-order valence-electron chi connectivity index (χ2n) is 6.39. The summed E-state index contributed by atoms with van der Waals surface area (Å²) in [5.41, 5.74) is 2.28. The molecular weight excluding hydrogens is 328 g/mol. The first kappa shape index (κ1) is 16.5. The van der Waals surface area contributed by atoms with Crippen molar-refractivity contribution >= 4 is 5.95 Å². The van der Waals surface area contributed by atoms with Gasteiger partial charge in [-0.15, -0.1) is 0 Å². The number of anilines is 1. The van der Waals surface area contributed by atoms with Gasteiger partial charge in [-0.1, -0.05) is 30.3 Å². The highest BCUT2D eigenvalue weighted by Gasteiger charge is 2.23. The molecule has 3 heterocycles. The average molecular weight is 348 g/mol. The van der Waals surface area contributed by atoms with E-state index in [2.05, 4.69) is 4.98 Å². The molecule has 132 valence electrons. The summed E-state index contributed by atoms with van der Waals surface area (Å²) in [6, 6.07) is 14.8. The molecular formula is C20H20N4O2. The third-order valence-corrected chi connectivity index (χ3v) is 4.63. The Kier molecular flexibility index (Phi) is 4.50. The molecule has 0 aliphatic carbocycles. The van der Waals surface area contributed by atoms with E-state index in [1.165, 1.54) is 0 Å². The van der Waals surface area contributed by atoms with Crippen molar-refractivity contribution in [1.82, 2.24) is 14.5 Å². The molecule has 6 nitrogen and oxygen atoms in total. The fraction of sp³-hybridized carbons (Fsp3) is 0.250. The first-order valence-corrected chi connectivity index (χ1v) is 8.72. The van der Waals surface area contributed by atoms with Crippen molar-refractivity contribution < 1.29 is 5.11 Å². The lowest BCUT2D eigenvalue weighted by molar-refractivity contribution is 0.181. The van der Waals surface area contributed by atoms with Crippen LogP contribution >= 0.6 is 0 Å². The summed E-state index contributed by atoms with van der Waals surface area (Å²) in [6.07, 6.45) is 3.59. The summed E-state index contributed by atoms with van der Waals surface area (Å²) in [4.78, 5) is 23.3. The Morgan fingerprint density at radius 2 is 1.85 bits per heavy atom. The minimum Gasteiger partial charge on any atom is -0.387 e. The third kappa shape index (κ3) is 3.23. The fourth-order valence-corrected chi connectivity index (χ4v) is 3.30. The van der Waals surface area contributed by atoms with Gasteiger partial charge in [-0.25, -0.2) is 4.98 Å². The Balaban J connectivity index is 1.68. The molecule has 1 aliphatic rings. The van der Waals surface area contributed by atoms with Crippen LogP contribution in [0.1, 0.15) is 18.1 Å². The molecule has 0 spiro atoms. The SMILES string of the molecule is O=c1cc(-c2ccncc2)nc2n1CCCN2CC(O)c1ccccc1. The van der Waals surface area contributed by atoms with Crippen molar-refractivity contribution in [3.8, 4) is 11.3 Å². The van der Waals surface area contributed by atoms with Gasteiger partial charge in [0.05, 0.1) is 18.3 Å². The van der Waals surface area contributed by atoms with Gasteiger partial charge >= 0.3 is 0 Å². The van der Waals surface area contributed by atoms with Gasteiger partial charge < -0.3 is 10.0 Å². The molecule has 1 atom stereocenters. The number of β-amino-alcohol motifs (C(OH)–C–C–N with tert-alkyl or cyclic N) is 1. The average Bonchev–Trinajstić information content (AvgIpc) is 2.70. The maximum atomic E-state index is 12.6. The van der Waals surface area contributed by atoms with E-state index in [1.807, 2.05) is 47.4 Å². The van der Waals surface area contributed by atoms with Crippen molar-refractivity contribution in [2.45, 2.75) is 19.1 Å².